The zero-order valence-electron chi connectivity index (χ0n) is 16.2. The lowest BCUT2D eigenvalue weighted by Gasteiger charge is -2.42. The Morgan fingerprint density at radius 2 is 2.21 bits per heavy atom. The molecule has 2 amide bonds. The van der Waals surface area contributed by atoms with Crippen molar-refractivity contribution >= 4 is 11.8 Å². The van der Waals surface area contributed by atoms with E-state index in [4.69, 9.17) is 4.74 Å². The van der Waals surface area contributed by atoms with Crippen LogP contribution in [0.25, 0.3) is 0 Å². The highest BCUT2D eigenvalue weighted by atomic mass is 16.5. The molecule has 0 radical (unpaired) electrons. The molecule has 0 aliphatic carbocycles. The molecule has 2 aliphatic heterocycles. The Labute approximate surface area is 164 Å². The summed E-state index contributed by atoms with van der Waals surface area (Å²) in [7, 11) is 0. The predicted octanol–water partition coefficient (Wildman–Crippen LogP) is 2.02. The number of hydrogen-bond acceptors (Lipinski definition) is 4. The number of carbonyl (C=O) groups excluding carboxylic acids is 2. The molecule has 28 heavy (non-hydrogen) atoms. The summed E-state index contributed by atoms with van der Waals surface area (Å²) in [5, 5.41) is 2.98. The van der Waals surface area contributed by atoms with Crippen molar-refractivity contribution in [3.8, 4) is 5.75 Å². The number of piperidine rings is 1. The lowest BCUT2D eigenvalue weighted by atomic mass is 9.92. The van der Waals surface area contributed by atoms with Gasteiger partial charge in [0.05, 0.1) is 18.7 Å². The zero-order chi connectivity index (χ0) is 19.6. The molecule has 3 heterocycles. The summed E-state index contributed by atoms with van der Waals surface area (Å²) in [6.07, 6.45) is 6.65. The standard InChI is InChI=1S/C21H26N4O3/c1-2-18-22-10-13-24(18)12-8-19(26)25-11-5-9-21(15-25)14-23-20(27)16-6-3-4-7-17(16)28-21/h3-4,6-7,10,13H,2,5,8-9,11-12,14-15H2,1H3,(H,23,27). The highest BCUT2D eigenvalue weighted by Gasteiger charge is 2.41. The van der Waals surface area contributed by atoms with Crippen molar-refractivity contribution < 1.29 is 14.3 Å². The van der Waals surface area contributed by atoms with E-state index in [1.807, 2.05) is 33.9 Å². The SMILES string of the molecule is CCc1nccn1CCC(=O)N1CCCC2(CNC(=O)c3ccccc3O2)C1. The number of imidazole rings is 1. The first-order chi connectivity index (χ1) is 13.6. The number of hydrogen-bond donors (Lipinski definition) is 1. The van der Waals surface area contributed by atoms with Crippen LogP contribution >= 0.6 is 0 Å². The Bertz CT molecular complexity index is 878. The van der Waals surface area contributed by atoms with Crippen LogP contribution in [0.1, 0.15) is 42.4 Å². The maximum atomic E-state index is 12.9. The van der Waals surface area contributed by atoms with E-state index in [-0.39, 0.29) is 11.8 Å². The Kier molecular flexibility index (Phi) is 5.07. The highest BCUT2D eigenvalue weighted by Crippen LogP contribution is 2.32. The van der Waals surface area contributed by atoms with E-state index in [0.717, 1.165) is 31.6 Å². The normalized spacial score (nSPS) is 21.6. The third-order valence-corrected chi connectivity index (χ3v) is 5.61. The summed E-state index contributed by atoms with van der Waals surface area (Å²) in [5.41, 5.74) is -0.0187. The summed E-state index contributed by atoms with van der Waals surface area (Å²) < 4.78 is 8.37. The molecule has 1 spiro atoms. The maximum absolute atomic E-state index is 12.9. The van der Waals surface area contributed by atoms with Crippen molar-refractivity contribution in [2.24, 2.45) is 0 Å². The van der Waals surface area contributed by atoms with Gasteiger partial charge in [0, 0.05) is 38.3 Å². The van der Waals surface area contributed by atoms with Crippen molar-refractivity contribution in [2.45, 2.75) is 44.8 Å². The molecule has 2 aliphatic rings. The van der Waals surface area contributed by atoms with Gasteiger partial charge in [-0.3, -0.25) is 9.59 Å². The first-order valence-electron chi connectivity index (χ1n) is 9.94. The molecule has 1 N–H and O–H groups in total. The molecule has 4 rings (SSSR count). The van der Waals surface area contributed by atoms with Gasteiger partial charge < -0.3 is 19.5 Å². The van der Waals surface area contributed by atoms with Gasteiger partial charge in [0.1, 0.15) is 17.2 Å². The van der Waals surface area contributed by atoms with Gasteiger partial charge in [-0.05, 0) is 25.0 Å². The number of nitrogens with one attached hydrogen (secondary N) is 1. The minimum Gasteiger partial charge on any atom is -0.483 e. The first-order valence-corrected chi connectivity index (χ1v) is 9.94. The number of nitrogens with zero attached hydrogens (tertiary/aromatic N) is 3. The molecule has 0 bridgehead atoms. The van der Waals surface area contributed by atoms with Crippen LogP contribution in [0, 0.1) is 0 Å². The number of para-hydroxylation sites is 1. The van der Waals surface area contributed by atoms with Gasteiger partial charge >= 0.3 is 0 Å². The third-order valence-electron chi connectivity index (χ3n) is 5.61. The van der Waals surface area contributed by atoms with E-state index in [1.165, 1.54) is 0 Å². The van der Waals surface area contributed by atoms with Crippen LogP contribution in [0.15, 0.2) is 36.7 Å². The number of fused-ring (bicyclic) bond motifs is 1. The van der Waals surface area contributed by atoms with Crippen molar-refractivity contribution in [2.75, 3.05) is 19.6 Å². The summed E-state index contributed by atoms with van der Waals surface area (Å²) in [6, 6.07) is 7.30. The van der Waals surface area contributed by atoms with E-state index in [9.17, 15) is 9.59 Å². The summed E-state index contributed by atoms with van der Waals surface area (Å²) in [4.78, 5) is 31.4. The average Bonchev–Trinajstić information content (AvgIpc) is 3.13. The molecule has 1 saturated heterocycles. The van der Waals surface area contributed by atoms with E-state index < -0.39 is 5.60 Å². The smallest absolute Gasteiger partial charge is 0.255 e. The number of benzene rings is 1. The molecular weight excluding hydrogens is 356 g/mol. The monoisotopic (exact) mass is 382 g/mol. The molecule has 2 aromatic rings. The summed E-state index contributed by atoms with van der Waals surface area (Å²) in [5.74, 6) is 1.58. The van der Waals surface area contributed by atoms with Gasteiger partial charge in [-0.25, -0.2) is 4.98 Å². The Balaban J connectivity index is 1.45. The average molecular weight is 382 g/mol. The first kappa shape index (κ1) is 18.5. The molecule has 1 fully saturated rings. The molecule has 148 valence electrons. The fourth-order valence-electron chi connectivity index (χ4n) is 4.12. The number of amides is 2. The van der Waals surface area contributed by atoms with Crippen molar-refractivity contribution in [1.82, 2.24) is 19.8 Å². The summed E-state index contributed by atoms with van der Waals surface area (Å²) in [6.45, 7) is 4.32. The van der Waals surface area contributed by atoms with Crippen LogP contribution < -0.4 is 10.1 Å². The van der Waals surface area contributed by atoms with Crippen LogP contribution in [-0.4, -0.2) is 51.5 Å². The molecule has 1 atom stereocenters. The number of likely N-dealkylation sites (tertiary alicyclic amines) is 1. The van der Waals surface area contributed by atoms with Crippen LogP contribution in [0.4, 0.5) is 0 Å². The fraction of sp³-hybridized carbons (Fsp3) is 0.476. The Hall–Kier alpha value is -2.83. The highest BCUT2D eigenvalue weighted by molar-refractivity contribution is 5.97. The molecular formula is C21H26N4O3. The fourth-order valence-corrected chi connectivity index (χ4v) is 4.12. The lowest BCUT2D eigenvalue weighted by molar-refractivity contribution is -0.137. The third kappa shape index (κ3) is 3.61. The number of rotatable bonds is 4. The van der Waals surface area contributed by atoms with Gasteiger partial charge in [0.2, 0.25) is 5.91 Å². The second-order valence-electron chi connectivity index (χ2n) is 7.52. The molecule has 1 aromatic carbocycles. The van der Waals surface area contributed by atoms with Crippen molar-refractivity contribution in [1.29, 1.82) is 0 Å². The van der Waals surface area contributed by atoms with E-state index in [1.54, 1.807) is 12.3 Å². The predicted molar refractivity (Wildman–Crippen MR) is 104 cm³/mol. The maximum Gasteiger partial charge on any atom is 0.255 e. The van der Waals surface area contributed by atoms with E-state index >= 15 is 0 Å². The zero-order valence-corrected chi connectivity index (χ0v) is 16.2. The Morgan fingerprint density at radius 3 is 3.07 bits per heavy atom. The van der Waals surface area contributed by atoms with Crippen LogP contribution in [0.2, 0.25) is 0 Å². The van der Waals surface area contributed by atoms with Gasteiger partial charge in [-0.15, -0.1) is 0 Å². The number of ether oxygens (including phenoxy) is 1. The summed E-state index contributed by atoms with van der Waals surface area (Å²) >= 11 is 0. The second kappa shape index (κ2) is 7.66. The minimum atomic E-state index is -0.570. The minimum absolute atomic E-state index is 0.113. The van der Waals surface area contributed by atoms with E-state index in [2.05, 4.69) is 17.2 Å². The lowest BCUT2D eigenvalue weighted by Crippen LogP contribution is -2.58. The number of aryl methyl sites for hydroxylation is 2. The van der Waals surface area contributed by atoms with E-state index in [0.29, 0.717) is 37.4 Å². The van der Waals surface area contributed by atoms with Gasteiger partial charge in [0.25, 0.3) is 5.91 Å². The van der Waals surface area contributed by atoms with Crippen LogP contribution in [0.3, 0.4) is 0 Å². The molecule has 1 unspecified atom stereocenters. The number of aromatic nitrogens is 2. The van der Waals surface area contributed by atoms with Gasteiger partial charge in [-0.2, -0.15) is 0 Å². The van der Waals surface area contributed by atoms with Gasteiger partial charge in [-0.1, -0.05) is 19.1 Å². The van der Waals surface area contributed by atoms with Crippen molar-refractivity contribution in [3.63, 3.8) is 0 Å². The molecule has 7 nitrogen and oxygen atoms in total. The van der Waals surface area contributed by atoms with Crippen molar-refractivity contribution in [3.05, 3.63) is 48.0 Å². The number of carbonyl (C=O) groups is 2. The van der Waals surface area contributed by atoms with Gasteiger partial charge in [0.15, 0.2) is 0 Å². The second-order valence-corrected chi connectivity index (χ2v) is 7.52. The molecule has 0 saturated carbocycles. The largest absolute Gasteiger partial charge is 0.483 e. The topological polar surface area (TPSA) is 76.5 Å². The van der Waals surface area contributed by atoms with Crippen LogP contribution in [-0.2, 0) is 17.8 Å². The van der Waals surface area contributed by atoms with Crippen LogP contribution in [0.5, 0.6) is 5.75 Å². The molecule has 7 heteroatoms. The molecule has 1 aromatic heterocycles. The quantitative estimate of drug-likeness (QED) is 0.878. The Morgan fingerprint density at radius 1 is 1.36 bits per heavy atom.